The van der Waals surface area contributed by atoms with Crippen LogP contribution in [0.4, 0.5) is 4.79 Å². The molecule has 1 aliphatic carbocycles. The summed E-state index contributed by atoms with van der Waals surface area (Å²) in [6, 6.07) is 13.3. The van der Waals surface area contributed by atoms with Crippen LogP contribution in [-0.2, 0) is 41.2 Å². The van der Waals surface area contributed by atoms with Crippen LogP contribution < -0.4 is 16.0 Å². The number of nitrogens with zero attached hydrogens (tertiary/aromatic N) is 1. The topological polar surface area (TPSA) is 90.5 Å². The molecule has 0 bridgehead atoms. The van der Waals surface area contributed by atoms with E-state index in [4.69, 9.17) is 0 Å². The Bertz CT molecular complexity index is 1040. The summed E-state index contributed by atoms with van der Waals surface area (Å²) < 4.78 is 0. The van der Waals surface area contributed by atoms with Crippen LogP contribution in [0, 0.1) is 0 Å². The lowest BCUT2D eigenvalue weighted by Gasteiger charge is -2.22. The molecule has 2 heterocycles. The van der Waals surface area contributed by atoms with Gasteiger partial charge in [0.1, 0.15) is 12.1 Å². The first-order valence-corrected chi connectivity index (χ1v) is 9.87. The number of imide groups is 1. The Hall–Kier alpha value is -2.90. The van der Waals surface area contributed by atoms with Crippen molar-refractivity contribution < 1.29 is 14.4 Å². The van der Waals surface area contributed by atoms with Crippen molar-refractivity contribution in [1.82, 2.24) is 20.9 Å². The van der Waals surface area contributed by atoms with Crippen LogP contribution in [0.25, 0.3) is 0 Å². The lowest BCUT2D eigenvalue weighted by atomic mass is 9.92. The number of hydrogen-bond donors (Lipinski definition) is 3. The van der Waals surface area contributed by atoms with E-state index in [-0.39, 0.29) is 30.8 Å². The number of halogens is 1. The number of amides is 4. The molecule has 5 rings (SSSR count). The largest absolute Gasteiger partial charge is 0.350 e. The zero-order valence-corrected chi connectivity index (χ0v) is 17.2. The van der Waals surface area contributed by atoms with Gasteiger partial charge in [0.15, 0.2) is 0 Å². The molecule has 156 valence electrons. The van der Waals surface area contributed by atoms with E-state index >= 15 is 0 Å². The quantitative estimate of drug-likeness (QED) is 0.649. The highest BCUT2D eigenvalue weighted by molar-refractivity contribution is 6.09. The highest BCUT2D eigenvalue weighted by Gasteiger charge is 2.55. The zero-order valence-electron chi connectivity index (χ0n) is 16.4. The van der Waals surface area contributed by atoms with Crippen molar-refractivity contribution in [3.05, 3.63) is 70.3 Å². The zero-order chi connectivity index (χ0) is 20.0. The normalized spacial score (nSPS) is 21.3. The van der Waals surface area contributed by atoms with E-state index < -0.39 is 11.6 Å². The molecule has 7 nitrogen and oxygen atoms in total. The first-order chi connectivity index (χ1) is 14.1. The first-order valence-electron chi connectivity index (χ1n) is 9.87. The predicted molar refractivity (Wildman–Crippen MR) is 113 cm³/mol. The van der Waals surface area contributed by atoms with Gasteiger partial charge in [0.25, 0.3) is 5.91 Å². The van der Waals surface area contributed by atoms with Crippen LogP contribution in [-0.4, -0.2) is 29.3 Å². The van der Waals surface area contributed by atoms with Gasteiger partial charge in [-0.05, 0) is 40.7 Å². The van der Waals surface area contributed by atoms with Crippen LogP contribution in [0.1, 0.15) is 34.2 Å². The Kier molecular flexibility index (Phi) is 5.26. The average molecular weight is 427 g/mol. The predicted octanol–water partition coefficient (Wildman–Crippen LogP) is 1.72. The lowest BCUT2D eigenvalue weighted by molar-refractivity contribution is -0.135. The summed E-state index contributed by atoms with van der Waals surface area (Å²) in [6.07, 6.45) is 1.26. The van der Waals surface area contributed by atoms with Gasteiger partial charge < -0.3 is 16.0 Å². The molecule has 3 aliphatic rings. The lowest BCUT2D eigenvalue weighted by Crippen LogP contribution is -2.43. The molecule has 2 aromatic carbocycles. The molecule has 0 saturated carbocycles. The molecule has 4 amide bonds. The summed E-state index contributed by atoms with van der Waals surface area (Å²) in [6.45, 7) is 1.80. The molecule has 1 spiro atoms. The molecule has 1 saturated heterocycles. The van der Waals surface area contributed by atoms with Gasteiger partial charge in [-0.1, -0.05) is 42.5 Å². The van der Waals surface area contributed by atoms with E-state index in [1.54, 1.807) is 0 Å². The van der Waals surface area contributed by atoms with Crippen molar-refractivity contribution in [3.8, 4) is 0 Å². The number of benzene rings is 2. The second-order valence-corrected chi connectivity index (χ2v) is 7.87. The van der Waals surface area contributed by atoms with Gasteiger partial charge >= 0.3 is 6.03 Å². The minimum Gasteiger partial charge on any atom is -0.350 e. The van der Waals surface area contributed by atoms with Crippen molar-refractivity contribution in [3.63, 3.8) is 0 Å². The second-order valence-electron chi connectivity index (χ2n) is 7.87. The van der Waals surface area contributed by atoms with E-state index in [1.807, 2.05) is 30.3 Å². The molecule has 0 radical (unpaired) electrons. The third kappa shape index (κ3) is 3.24. The van der Waals surface area contributed by atoms with E-state index in [0.717, 1.165) is 41.1 Å². The Balaban J connectivity index is 0.00000218. The van der Waals surface area contributed by atoms with E-state index in [9.17, 15) is 14.4 Å². The van der Waals surface area contributed by atoms with Gasteiger partial charge in [0, 0.05) is 19.6 Å². The Morgan fingerprint density at radius 2 is 1.87 bits per heavy atom. The first kappa shape index (κ1) is 20.4. The number of fused-ring (bicyclic) bond motifs is 3. The molecular formula is C22H23ClN4O3. The van der Waals surface area contributed by atoms with Crippen LogP contribution in [0.2, 0.25) is 0 Å². The van der Waals surface area contributed by atoms with E-state index in [1.165, 1.54) is 11.1 Å². The van der Waals surface area contributed by atoms with Crippen LogP contribution in [0.3, 0.4) is 0 Å². The van der Waals surface area contributed by atoms with Crippen molar-refractivity contribution in [2.75, 3.05) is 6.54 Å². The van der Waals surface area contributed by atoms with Gasteiger partial charge in [-0.15, -0.1) is 12.4 Å². The van der Waals surface area contributed by atoms with Gasteiger partial charge in [0.2, 0.25) is 5.91 Å². The number of rotatable bonds is 4. The highest BCUT2D eigenvalue weighted by atomic mass is 35.5. The Labute approximate surface area is 180 Å². The highest BCUT2D eigenvalue weighted by Crippen LogP contribution is 2.41. The maximum absolute atomic E-state index is 13.1. The van der Waals surface area contributed by atoms with E-state index in [0.29, 0.717) is 13.0 Å². The number of aryl methyl sites for hydroxylation is 1. The fourth-order valence-electron chi connectivity index (χ4n) is 4.59. The third-order valence-electron chi connectivity index (χ3n) is 6.12. The summed E-state index contributed by atoms with van der Waals surface area (Å²) in [7, 11) is 0. The van der Waals surface area contributed by atoms with Gasteiger partial charge in [-0.3, -0.25) is 14.5 Å². The number of hydrogen-bond acceptors (Lipinski definition) is 4. The molecule has 2 aromatic rings. The molecule has 1 atom stereocenters. The number of carbonyl (C=O) groups excluding carboxylic acids is 3. The minimum atomic E-state index is -1.03. The second kappa shape index (κ2) is 7.74. The van der Waals surface area contributed by atoms with Crippen molar-refractivity contribution in [1.29, 1.82) is 0 Å². The molecule has 3 N–H and O–H groups in total. The summed E-state index contributed by atoms with van der Waals surface area (Å²) in [4.78, 5) is 39.1. The van der Waals surface area contributed by atoms with Crippen LogP contribution >= 0.6 is 12.4 Å². The Morgan fingerprint density at radius 3 is 2.73 bits per heavy atom. The maximum Gasteiger partial charge on any atom is 0.325 e. The molecule has 2 aliphatic heterocycles. The van der Waals surface area contributed by atoms with Crippen LogP contribution in [0.5, 0.6) is 0 Å². The van der Waals surface area contributed by atoms with Gasteiger partial charge in [-0.25, -0.2) is 4.79 Å². The summed E-state index contributed by atoms with van der Waals surface area (Å²) >= 11 is 0. The molecule has 1 unspecified atom stereocenters. The SMILES string of the molecule is Cl.O=C(CN1C(=O)NC2(CCc3ccccc32)C1=O)NCc1ccc2c(c1)CNC2. The molecule has 30 heavy (non-hydrogen) atoms. The molecule has 8 heteroatoms. The molecule has 0 aromatic heterocycles. The van der Waals surface area contributed by atoms with Crippen LogP contribution in [0.15, 0.2) is 42.5 Å². The summed E-state index contributed by atoms with van der Waals surface area (Å²) in [5.74, 6) is -0.693. The number of nitrogens with one attached hydrogen (secondary N) is 3. The van der Waals surface area contributed by atoms with Gasteiger partial charge in [-0.2, -0.15) is 0 Å². The summed E-state index contributed by atoms with van der Waals surface area (Å²) in [5.41, 5.74) is 4.40. The van der Waals surface area contributed by atoms with Crippen molar-refractivity contribution in [2.24, 2.45) is 0 Å². The Morgan fingerprint density at radius 1 is 1.07 bits per heavy atom. The van der Waals surface area contributed by atoms with Crippen molar-refractivity contribution in [2.45, 2.75) is 38.0 Å². The fraction of sp³-hybridized carbons (Fsp3) is 0.318. The molecule has 1 fully saturated rings. The van der Waals surface area contributed by atoms with Gasteiger partial charge in [0.05, 0.1) is 0 Å². The standard InChI is InChI=1S/C22H22N4O3.ClH/c27-19(24-10-14-5-6-16-11-23-12-17(16)9-14)13-26-20(28)22(25-21(26)29)8-7-15-3-1-2-4-18(15)22;/h1-6,9,23H,7-8,10-13H2,(H,24,27)(H,25,29);1H. The summed E-state index contributed by atoms with van der Waals surface area (Å²) in [5, 5.41) is 8.96. The van der Waals surface area contributed by atoms with E-state index in [2.05, 4.69) is 28.1 Å². The molecular weight excluding hydrogens is 404 g/mol. The fourth-order valence-corrected chi connectivity index (χ4v) is 4.59. The number of urea groups is 1. The van der Waals surface area contributed by atoms with Crippen molar-refractivity contribution >= 4 is 30.3 Å². The minimum absolute atomic E-state index is 0. The monoisotopic (exact) mass is 426 g/mol. The number of carbonyl (C=O) groups is 3. The third-order valence-corrected chi connectivity index (χ3v) is 6.12. The maximum atomic E-state index is 13.1. The smallest absolute Gasteiger partial charge is 0.325 e. The average Bonchev–Trinajstić information content (AvgIpc) is 3.40.